The first-order valence-corrected chi connectivity index (χ1v) is 10.5. The van der Waals surface area contributed by atoms with E-state index in [2.05, 4.69) is 5.32 Å². The molecular formula is C14H19FN2O5S2. The summed E-state index contributed by atoms with van der Waals surface area (Å²) >= 11 is 0. The standard InChI is InChI=1S/C14H19FN2O5S2/c1-16-14(18)10-23(19,20)12-6-8-17(9-7-12)24(21,22)13-4-2-11(15)3-5-13/h2-5,12H,6-10H2,1H3,(H,16,18). The Morgan fingerprint density at radius 1 is 1.17 bits per heavy atom. The first-order valence-electron chi connectivity index (χ1n) is 7.34. The van der Waals surface area contributed by atoms with Crippen LogP contribution in [0.3, 0.4) is 0 Å². The second-order valence-electron chi connectivity index (χ2n) is 5.54. The quantitative estimate of drug-likeness (QED) is 0.785. The molecule has 10 heteroatoms. The van der Waals surface area contributed by atoms with E-state index in [1.165, 1.54) is 23.5 Å². The number of nitrogens with one attached hydrogen (secondary N) is 1. The Morgan fingerprint density at radius 2 is 1.71 bits per heavy atom. The lowest BCUT2D eigenvalue weighted by Gasteiger charge is -2.30. The van der Waals surface area contributed by atoms with Gasteiger partial charge in [0.25, 0.3) is 0 Å². The molecule has 0 spiro atoms. The SMILES string of the molecule is CNC(=O)CS(=O)(=O)C1CCN(S(=O)(=O)c2ccc(F)cc2)CC1. The summed E-state index contributed by atoms with van der Waals surface area (Å²) in [6, 6.07) is 4.49. The van der Waals surface area contributed by atoms with E-state index in [-0.39, 0.29) is 30.8 Å². The van der Waals surface area contributed by atoms with Gasteiger partial charge < -0.3 is 5.32 Å². The monoisotopic (exact) mass is 378 g/mol. The molecule has 1 aliphatic heterocycles. The zero-order chi connectivity index (χ0) is 18.0. The van der Waals surface area contributed by atoms with Crippen molar-refractivity contribution < 1.29 is 26.0 Å². The fourth-order valence-corrected chi connectivity index (χ4v) is 5.70. The Labute approximate surface area is 140 Å². The predicted molar refractivity (Wildman–Crippen MR) is 86.0 cm³/mol. The molecule has 1 amide bonds. The van der Waals surface area contributed by atoms with E-state index in [0.717, 1.165) is 12.1 Å². The lowest BCUT2D eigenvalue weighted by molar-refractivity contribution is -0.118. The highest BCUT2D eigenvalue weighted by Crippen LogP contribution is 2.24. The molecule has 1 aromatic rings. The summed E-state index contributed by atoms with van der Waals surface area (Å²) < 4.78 is 63.3. The topological polar surface area (TPSA) is 101 Å². The van der Waals surface area contributed by atoms with Gasteiger partial charge in [0.05, 0.1) is 10.1 Å². The maximum Gasteiger partial charge on any atom is 0.243 e. The third-order valence-corrected chi connectivity index (χ3v) is 8.04. The number of carbonyl (C=O) groups is 1. The highest BCUT2D eigenvalue weighted by Gasteiger charge is 2.35. The van der Waals surface area contributed by atoms with Crippen molar-refractivity contribution in [2.75, 3.05) is 25.9 Å². The molecule has 1 saturated heterocycles. The lowest BCUT2D eigenvalue weighted by Crippen LogP contribution is -2.44. The van der Waals surface area contributed by atoms with E-state index >= 15 is 0 Å². The van der Waals surface area contributed by atoms with E-state index in [4.69, 9.17) is 0 Å². The van der Waals surface area contributed by atoms with Crippen LogP contribution >= 0.6 is 0 Å². The molecule has 1 heterocycles. The van der Waals surface area contributed by atoms with Crippen LogP contribution in [0.1, 0.15) is 12.8 Å². The number of hydrogen-bond acceptors (Lipinski definition) is 5. The molecule has 0 aromatic heterocycles. The minimum atomic E-state index is -3.78. The molecule has 1 aromatic carbocycles. The number of rotatable bonds is 5. The van der Waals surface area contributed by atoms with Crippen LogP contribution in [0.5, 0.6) is 0 Å². The zero-order valence-corrected chi connectivity index (χ0v) is 14.7. The van der Waals surface area contributed by atoms with Gasteiger partial charge in [0.2, 0.25) is 15.9 Å². The van der Waals surface area contributed by atoms with Crippen molar-refractivity contribution in [3.05, 3.63) is 30.1 Å². The van der Waals surface area contributed by atoms with Crippen molar-refractivity contribution in [2.24, 2.45) is 0 Å². The molecule has 24 heavy (non-hydrogen) atoms. The van der Waals surface area contributed by atoms with Gasteiger partial charge in [-0.25, -0.2) is 21.2 Å². The molecule has 0 bridgehead atoms. The molecule has 0 radical (unpaired) electrons. The van der Waals surface area contributed by atoms with Crippen molar-refractivity contribution >= 4 is 25.8 Å². The molecule has 0 saturated carbocycles. The predicted octanol–water partition coefficient (Wildman–Crippen LogP) is 0.140. The van der Waals surface area contributed by atoms with Gasteiger partial charge in [-0.1, -0.05) is 0 Å². The second-order valence-corrected chi connectivity index (χ2v) is 9.76. The maximum atomic E-state index is 12.9. The minimum absolute atomic E-state index is 0.0319. The van der Waals surface area contributed by atoms with Crippen LogP contribution in [0.2, 0.25) is 0 Å². The van der Waals surface area contributed by atoms with E-state index in [1.807, 2.05) is 0 Å². The number of benzene rings is 1. The van der Waals surface area contributed by atoms with Crippen molar-refractivity contribution in [3.63, 3.8) is 0 Å². The van der Waals surface area contributed by atoms with Crippen molar-refractivity contribution in [1.29, 1.82) is 0 Å². The average molecular weight is 378 g/mol. The first-order chi connectivity index (χ1) is 11.2. The smallest absolute Gasteiger partial charge is 0.243 e. The number of piperidine rings is 1. The number of hydrogen-bond donors (Lipinski definition) is 1. The largest absolute Gasteiger partial charge is 0.358 e. The minimum Gasteiger partial charge on any atom is -0.358 e. The van der Waals surface area contributed by atoms with Crippen LogP contribution < -0.4 is 5.32 Å². The summed E-state index contributed by atoms with van der Waals surface area (Å²) in [6.07, 6.45) is 0.250. The summed E-state index contributed by atoms with van der Waals surface area (Å²) in [5.41, 5.74) is 0. The molecule has 7 nitrogen and oxygen atoms in total. The van der Waals surface area contributed by atoms with E-state index in [0.29, 0.717) is 0 Å². The molecule has 1 aliphatic rings. The molecule has 2 rings (SSSR count). The van der Waals surface area contributed by atoms with Gasteiger partial charge in [-0.05, 0) is 37.1 Å². The zero-order valence-electron chi connectivity index (χ0n) is 13.1. The molecule has 0 atom stereocenters. The summed E-state index contributed by atoms with van der Waals surface area (Å²) in [5.74, 6) is -1.72. The molecule has 1 fully saturated rings. The Morgan fingerprint density at radius 3 is 2.21 bits per heavy atom. The Balaban J connectivity index is 2.07. The van der Waals surface area contributed by atoms with Gasteiger partial charge >= 0.3 is 0 Å². The Bertz CT molecular complexity index is 798. The molecule has 0 aliphatic carbocycles. The number of sulfone groups is 1. The van der Waals surface area contributed by atoms with E-state index < -0.39 is 42.6 Å². The normalized spacial score (nSPS) is 17.6. The van der Waals surface area contributed by atoms with Crippen LogP contribution in [-0.2, 0) is 24.7 Å². The molecular weight excluding hydrogens is 359 g/mol. The Hall–Kier alpha value is -1.52. The fourth-order valence-electron chi connectivity index (χ4n) is 2.56. The molecule has 134 valence electrons. The van der Waals surface area contributed by atoms with Gasteiger partial charge in [0.1, 0.15) is 11.6 Å². The number of halogens is 1. The molecule has 0 unspecified atom stereocenters. The number of amides is 1. The van der Waals surface area contributed by atoms with Gasteiger partial charge in [0, 0.05) is 20.1 Å². The van der Waals surface area contributed by atoms with Crippen molar-refractivity contribution in [2.45, 2.75) is 23.0 Å². The third kappa shape index (κ3) is 4.11. The summed E-state index contributed by atoms with van der Waals surface area (Å²) in [7, 11) is -6.04. The van der Waals surface area contributed by atoms with Gasteiger partial charge in [0.15, 0.2) is 9.84 Å². The summed E-state index contributed by atoms with van der Waals surface area (Å²) in [6.45, 7) is 0.0781. The average Bonchev–Trinajstić information content (AvgIpc) is 2.55. The fraction of sp³-hybridized carbons (Fsp3) is 0.500. The van der Waals surface area contributed by atoms with Crippen LogP contribution in [0.15, 0.2) is 29.2 Å². The second kappa shape index (κ2) is 7.16. The number of carbonyl (C=O) groups excluding carboxylic acids is 1. The van der Waals surface area contributed by atoms with E-state index in [1.54, 1.807) is 0 Å². The van der Waals surface area contributed by atoms with Crippen LogP contribution in [-0.4, -0.2) is 58.2 Å². The lowest BCUT2D eigenvalue weighted by atomic mass is 10.2. The first kappa shape index (κ1) is 18.8. The number of sulfonamides is 1. The Kier molecular flexibility index (Phi) is 5.61. The van der Waals surface area contributed by atoms with Crippen LogP contribution in [0.25, 0.3) is 0 Å². The molecule has 1 N–H and O–H groups in total. The van der Waals surface area contributed by atoms with Gasteiger partial charge in [-0.15, -0.1) is 0 Å². The van der Waals surface area contributed by atoms with Crippen LogP contribution in [0, 0.1) is 5.82 Å². The number of nitrogens with zero attached hydrogens (tertiary/aromatic N) is 1. The van der Waals surface area contributed by atoms with Crippen molar-refractivity contribution in [1.82, 2.24) is 9.62 Å². The van der Waals surface area contributed by atoms with Gasteiger partial charge in [-0.2, -0.15) is 4.31 Å². The highest BCUT2D eigenvalue weighted by molar-refractivity contribution is 7.92. The summed E-state index contributed by atoms with van der Waals surface area (Å²) in [5, 5.41) is 1.52. The van der Waals surface area contributed by atoms with E-state index in [9.17, 15) is 26.0 Å². The van der Waals surface area contributed by atoms with Crippen LogP contribution in [0.4, 0.5) is 4.39 Å². The third-order valence-electron chi connectivity index (χ3n) is 3.97. The van der Waals surface area contributed by atoms with Crippen molar-refractivity contribution in [3.8, 4) is 0 Å². The maximum absolute atomic E-state index is 12.9. The summed E-state index contributed by atoms with van der Waals surface area (Å²) in [4.78, 5) is 11.2. The van der Waals surface area contributed by atoms with Gasteiger partial charge in [-0.3, -0.25) is 4.79 Å². The highest BCUT2D eigenvalue weighted by atomic mass is 32.2.